The summed E-state index contributed by atoms with van der Waals surface area (Å²) in [4.78, 5) is 4.40. The zero-order valence-corrected chi connectivity index (χ0v) is 16.1. The Kier molecular flexibility index (Phi) is 5.23. The first-order chi connectivity index (χ1) is 12.0. The molecule has 2 N–H and O–H groups in total. The largest absolute Gasteiger partial charge is 0.496 e. The number of aliphatic imine (C=N–C) groups is 1. The van der Waals surface area contributed by atoms with E-state index in [0.29, 0.717) is 18.1 Å². The normalized spacial score (nSPS) is 27.4. The lowest BCUT2D eigenvalue weighted by Gasteiger charge is -2.54. The van der Waals surface area contributed by atoms with Crippen LogP contribution in [0.25, 0.3) is 0 Å². The van der Waals surface area contributed by atoms with Crippen molar-refractivity contribution in [1.29, 1.82) is 0 Å². The van der Waals surface area contributed by atoms with Gasteiger partial charge >= 0.3 is 0 Å². The quantitative estimate of drug-likeness (QED) is 0.636. The van der Waals surface area contributed by atoms with Gasteiger partial charge in [0.1, 0.15) is 5.75 Å². The molecule has 5 heteroatoms. The Balaban J connectivity index is 1.55. The Morgan fingerprint density at radius 3 is 2.92 bits per heavy atom. The number of guanidine groups is 1. The predicted octanol–water partition coefficient (Wildman–Crippen LogP) is 2.52. The number of methoxy groups -OCH3 is 1. The fraction of sp³-hybridized carbons (Fsp3) is 0.650. The van der Waals surface area contributed by atoms with Crippen molar-refractivity contribution in [3.8, 4) is 5.75 Å². The molecular formula is C20H31N3O2. The summed E-state index contributed by atoms with van der Waals surface area (Å²) in [5.74, 6) is 2.42. The molecule has 2 fully saturated rings. The molecule has 138 valence electrons. The van der Waals surface area contributed by atoms with Crippen molar-refractivity contribution in [3.63, 3.8) is 0 Å². The van der Waals surface area contributed by atoms with E-state index in [-0.39, 0.29) is 5.41 Å². The molecule has 1 saturated heterocycles. The van der Waals surface area contributed by atoms with Crippen LogP contribution in [0, 0.1) is 18.3 Å². The Morgan fingerprint density at radius 1 is 1.40 bits per heavy atom. The molecular weight excluding hydrogens is 314 g/mol. The summed E-state index contributed by atoms with van der Waals surface area (Å²) in [6.07, 6.45) is 2.43. The first kappa shape index (κ1) is 18.1. The molecule has 1 aliphatic carbocycles. The number of benzene rings is 1. The van der Waals surface area contributed by atoms with Crippen LogP contribution in [0.1, 0.15) is 31.4 Å². The van der Waals surface area contributed by atoms with E-state index in [9.17, 15) is 0 Å². The number of aryl methyl sites for hydroxylation is 1. The number of ether oxygens (including phenoxy) is 2. The maximum Gasteiger partial charge on any atom is 0.191 e. The molecule has 1 saturated carbocycles. The van der Waals surface area contributed by atoms with E-state index in [1.807, 2.05) is 13.1 Å². The van der Waals surface area contributed by atoms with Crippen molar-refractivity contribution >= 4 is 5.96 Å². The third-order valence-electron chi connectivity index (χ3n) is 5.74. The van der Waals surface area contributed by atoms with E-state index in [1.54, 1.807) is 7.11 Å². The zero-order chi connectivity index (χ0) is 18.0. The van der Waals surface area contributed by atoms with Gasteiger partial charge in [-0.3, -0.25) is 4.99 Å². The minimum absolute atomic E-state index is 0.151. The van der Waals surface area contributed by atoms with Gasteiger partial charge in [-0.25, -0.2) is 0 Å². The molecule has 0 bridgehead atoms. The average molecular weight is 345 g/mol. The topological polar surface area (TPSA) is 54.9 Å². The number of nitrogens with zero attached hydrogens (tertiary/aromatic N) is 1. The van der Waals surface area contributed by atoms with Crippen molar-refractivity contribution in [2.24, 2.45) is 16.3 Å². The Bertz CT molecular complexity index is 642. The van der Waals surface area contributed by atoms with Gasteiger partial charge in [0.2, 0.25) is 0 Å². The summed E-state index contributed by atoms with van der Waals surface area (Å²) < 4.78 is 11.3. The van der Waals surface area contributed by atoms with Crippen LogP contribution in [0.15, 0.2) is 23.2 Å². The maximum atomic E-state index is 5.87. The first-order valence-electron chi connectivity index (χ1n) is 9.19. The third kappa shape index (κ3) is 3.47. The van der Waals surface area contributed by atoms with Gasteiger partial charge in [-0.15, -0.1) is 0 Å². The van der Waals surface area contributed by atoms with Crippen molar-refractivity contribution in [1.82, 2.24) is 10.6 Å². The Morgan fingerprint density at radius 2 is 2.20 bits per heavy atom. The van der Waals surface area contributed by atoms with Crippen LogP contribution >= 0.6 is 0 Å². The van der Waals surface area contributed by atoms with Crippen molar-refractivity contribution in [3.05, 3.63) is 29.3 Å². The van der Waals surface area contributed by atoms with Gasteiger partial charge in [-0.05, 0) is 31.4 Å². The fourth-order valence-electron chi connectivity index (χ4n) is 4.38. The molecule has 2 aliphatic rings. The summed E-state index contributed by atoms with van der Waals surface area (Å²) in [5, 5.41) is 7.07. The lowest BCUT2D eigenvalue weighted by atomic mass is 9.57. The molecule has 0 aromatic heterocycles. The third-order valence-corrected chi connectivity index (χ3v) is 5.74. The standard InChI is InChI=1S/C20H31N3O2/c1-13-6-7-16(24-5)14(12-13)8-10-22-19(21-4)23-17-15-9-11-25-18(15)20(17,2)3/h6-7,12,15,17-18H,8-11H2,1-5H3,(H2,21,22,23). The number of hydrogen-bond donors (Lipinski definition) is 2. The average Bonchev–Trinajstić information content (AvgIpc) is 3.05. The number of hydrogen-bond acceptors (Lipinski definition) is 3. The van der Waals surface area contributed by atoms with Crippen LogP contribution in [0.5, 0.6) is 5.75 Å². The molecule has 3 rings (SSSR count). The summed E-state index contributed by atoms with van der Waals surface area (Å²) in [5.41, 5.74) is 2.62. The van der Waals surface area contributed by atoms with Gasteiger partial charge in [0.05, 0.1) is 13.2 Å². The lowest BCUT2D eigenvalue weighted by molar-refractivity contribution is -0.106. The highest BCUT2D eigenvalue weighted by Gasteiger charge is 2.59. The van der Waals surface area contributed by atoms with Gasteiger partial charge in [0.15, 0.2) is 5.96 Å². The highest BCUT2D eigenvalue weighted by atomic mass is 16.5. The summed E-state index contributed by atoms with van der Waals surface area (Å²) in [7, 11) is 3.55. The molecule has 1 aromatic carbocycles. The van der Waals surface area contributed by atoms with Gasteiger partial charge in [-0.2, -0.15) is 0 Å². The second-order valence-corrected chi connectivity index (χ2v) is 7.75. The molecule has 3 atom stereocenters. The number of rotatable bonds is 5. The minimum atomic E-state index is 0.151. The number of fused-ring (bicyclic) bond motifs is 1. The van der Waals surface area contributed by atoms with E-state index in [4.69, 9.17) is 9.47 Å². The van der Waals surface area contributed by atoms with Crippen LogP contribution in [0.2, 0.25) is 0 Å². The van der Waals surface area contributed by atoms with Crippen LogP contribution in [0.3, 0.4) is 0 Å². The van der Waals surface area contributed by atoms with Crippen LogP contribution in [-0.2, 0) is 11.2 Å². The molecule has 5 nitrogen and oxygen atoms in total. The van der Waals surface area contributed by atoms with Crippen molar-refractivity contribution < 1.29 is 9.47 Å². The molecule has 25 heavy (non-hydrogen) atoms. The molecule has 0 radical (unpaired) electrons. The fourth-order valence-corrected chi connectivity index (χ4v) is 4.38. The molecule has 1 aromatic rings. The van der Waals surface area contributed by atoms with Crippen LogP contribution in [0.4, 0.5) is 0 Å². The molecule has 0 spiro atoms. The Labute approximate surface area is 151 Å². The highest BCUT2D eigenvalue weighted by Crippen LogP contribution is 2.52. The van der Waals surface area contributed by atoms with Crippen LogP contribution in [-0.4, -0.2) is 45.4 Å². The van der Waals surface area contributed by atoms with E-state index in [1.165, 1.54) is 11.1 Å². The predicted molar refractivity (Wildman–Crippen MR) is 101 cm³/mol. The second kappa shape index (κ2) is 7.24. The minimum Gasteiger partial charge on any atom is -0.496 e. The van der Waals surface area contributed by atoms with Crippen LogP contribution < -0.4 is 15.4 Å². The monoisotopic (exact) mass is 345 g/mol. The molecule has 1 heterocycles. The second-order valence-electron chi connectivity index (χ2n) is 7.75. The van der Waals surface area contributed by atoms with E-state index in [2.05, 4.69) is 48.5 Å². The van der Waals surface area contributed by atoms with Gasteiger partial charge in [0, 0.05) is 37.6 Å². The molecule has 3 unspecified atom stereocenters. The summed E-state index contributed by atoms with van der Waals surface area (Å²) in [6.45, 7) is 8.37. The highest BCUT2D eigenvalue weighted by molar-refractivity contribution is 5.80. The summed E-state index contributed by atoms with van der Waals surface area (Å²) in [6, 6.07) is 6.72. The van der Waals surface area contributed by atoms with E-state index in [0.717, 1.165) is 37.7 Å². The maximum absolute atomic E-state index is 5.87. The smallest absolute Gasteiger partial charge is 0.191 e. The van der Waals surface area contributed by atoms with Gasteiger partial charge in [0.25, 0.3) is 0 Å². The van der Waals surface area contributed by atoms with Crippen molar-refractivity contribution in [2.45, 2.75) is 45.8 Å². The number of nitrogens with one attached hydrogen (secondary N) is 2. The summed E-state index contributed by atoms with van der Waals surface area (Å²) >= 11 is 0. The van der Waals surface area contributed by atoms with Gasteiger partial charge < -0.3 is 20.1 Å². The first-order valence-corrected chi connectivity index (χ1v) is 9.19. The van der Waals surface area contributed by atoms with E-state index >= 15 is 0 Å². The zero-order valence-electron chi connectivity index (χ0n) is 16.1. The lowest BCUT2D eigenvalue weighted by Crippen LogP contribution is -2.68. The van der Waals surface area contributed by atoms with Crippen molar-refractivity contribution in [2.75, 3.05) is 27.3 Å². The Hall–Kier alpha value is -1.75. The van der Waals surface area contributed by atoms with Gasteiger partial charge in [-0.1, -0.05) is 31.5 Å². The molecule has 0 amide bonds. The van der Waals surface area contributed by atoms with E-state index < -0.39 is 0 Å². The molecule has 1 aliphatic heterocycles. The SMILES string of the molecule is CN=C(NCCc1cc(C)ccc1OC)NC1C2CCOC2C1(C)C.